The molecule has 28 heavy (non-hydrogen) atoms. The number of hydrogen-bond acceptors (Lipinski definition) is 4. The Bertz CT molecular complexity index is 836. The zero-order valence-electron chi connectivity index (χ0n) is 15.9. The molecule has 5 aliphatic rings. The van der Waals surface area contributed by atoms with E-state index in [9.17, 15) is 24.3 Å². The SMILES string of the molecule is O=C1C=CC2C3=CC(=O)C4C(CCC5(C(=O)O)CCCCC45)C3CC(=O)C2C1. The first kappa shape index (κ1) is 18.0. The van der Waals surface area contributed by atoms with Crippen LogP contribution in [0.2, 0.25) is 0 Å². The third-order valence-electron chi connectivity index (χ3n) is 8.49. The van der Waals surface area contributed by atoms with Gasteiger partial charge in [-0.15, -0.1) is 0 Å². The first-order valence-corrected chi connectivity index (χ1v) is 10.6. The lowest BCUT2D eigenvalue weighted by Crippen LogP contribution is -2.56. The van der Waals surface area contributed by atoms with Crippen LogP contribution in [0.3, 0.4) is 0 Å². The van der Waals surface area contributed by atoms with Crippen molar-refractivity contribution < 1.29 is 24.3 Å². The normalized spacial score (nSPS) is 44.7. The Hall–Kier alpha value is -2.04. The molecule has 0 aromatic rings. The van der Waals surface area contributed by atoms with Gasteiger partial charge in [0.1, 0.15) is 5.78 Å². The lowest BCUT2D eigenvalue weighted by atomic mass is 9.47. The van der Waals surface area contributed by atoms with Crippen LogP contribution in [-0.2, 0) is 19.2 Å². The predicted octanol–water partition coefficient (Wildman–Crippen LogP) is 3.13. The van der Waals surface area contributed by atoms with Crippen molar-refractivity contribution in [2.45, 2.75) is 51.4 Å². The van der Waals surface area contributed by atoms with Gasteiger partial charge in [-0.1, -0.05) is 24.5 Å². The van der Waals surface area contributed by atoms with Gasteiger partial charge in [-0.3, -0.25) is 19.2 Å². The van der Waals surface area contributed by atoms with Crippen molar-refractivity contribution in [2.24, 2.45) is 40.9 Å². The average Bonchev–Trinajstić information content (AvgIpc) is 2.68. The van der Waals surface area contributed by atoms with Gasteiger partial charge >= 0.3 is 5.97 Å². The van der Waals surface area contributed by atoms with Crippen LogP contribution in [0, 0.1) is 40.9 Å². The number of hydrogen-bond donors (Lipinski definition) is 1. The smallest absolute Gasteiger partial charge is 0.309 e. The molecule has 0 aromatic heterocycles. The Morgan fingerprint density at radius 1 is 1.04 bits per heavy atom. The summed E-state index contributed by atoms with van der Waals surface area (Å²) in [5.74, 6) is -1.29. The van der Waals surface area contributed by atoms with Gasteiger partial charge in [0.25, 0.3) is 0 Å². The summed E-state index contributed by atoms with van der Waals surface area (Å²) in [5, 5.41) is 10.0. The summed E-state index contributed by atoms with van der Waals surface area (Å²) in [6.07, 6.45) is 10.4. The minimum Gasteiger partial charge on any atom is -0.481 e. The number of carbonyl (C=O) groups is 4. The van der Waals surface area contributed by atoms with E-state index in [4.69, 9.17) is 0 Å². The fourth-order valence-corrected chi connectivity index (χ4v) is 7.25. The molecule has 0 bridgehead atoms. The summed E-state index contributed by atoms with van der Waals surface area (Å²) in [4.78, 5) is 50.1. The molecule has 0 aromatic carbocycles. The van der Waals surface area contributed by atoms with E-state index in [0.717, 1.165) is 24.8 Å². The summed E-state index contributed by atoms with van der Waals surface area (Å²) < 4.78 is 0. The van der Waals surface area contributed by atoms with Gasteiger partial charge < -0.3 is 5.11 Å². The molecular weight excluding hydrogens is 356 g/mol. The van der Waals surface area contributed by atoms with E-state index in [0.29, 0.717) is 25.7 Å². The van der Waals surface area contributed by atoms with Crippen LogP contribution < -0.4 is 0 Å². The minimum absolute atomic E-state index is 0.0141. The Morgan fingerprint density at radius 3 is 2.64 bits per heavy atom. The largest absolute Gasteiger partial charge is 0.481 e. The topological polar surface area (TPSA) is 88.5 Å². The number of fused-ring (bicyclic) bond motifs is 7. The summed E-state index contributed by atoms with van der Waals surface area (Å²) in [6.45, 7) is 0. The van der Waals surface area contributed by atoms with Crippen molar-refractivity contribution in [2.75, 3.05) is 0 Å². The van der Waals surface area contributed by atoms with E-state index in [1.54, 1.807) is 12.2 Å². The molecular formula is C23H26O5. The van der Waals surface area contributed by atoms with Gasteiger partial charge in [-0.25, -0.2) is 0 Å². The van der Waals surface area contributed by atoms with E-state index >= 15 is 0 Å². The number of allylic oxidation sites excluding steroid dienone is 4. The Kier molecular flexibility index (Phi) is 4.01. The maximum Gasteiger partial charge on any atom is 0.309 e. The molecule has 1 N–H and O–H groups in total. The van der Waals surface area contributed by atoms with Crippen LogP contribution in [0.1, 0.15) is 51.4 Å². The molecule has 5 heteroatoms. The standard InChI is InChI=1S/C23H26O5/c24-12-4-5-13-15-11-20(26)21-14(16(15)10-19(25)17(13)9-12)6-8-23(22(27)28)7-2-1-3-18(21)23/h4-5,11,13-14,16-18,21H,1-3,6-10H2,(H,27,28). The van der Waals surface area contributed by atoms with E-state index < -0.39 is 11.4 Å². The van der Waals surface area contributed by atoms with Gasteiger partial charge in [0.2, 0.25) is 0 Å². The van der Waals surface area contributed by atoms with Crippen molar-refractivity contribution in [1.29, 1.82) is 0 Å². The van der Waals surface area contributed by atoms with Gasteiger partial charge in [0.15, 0.2) is 11.6 Å². The molecule has 148 valence electrons. The number of carbonyl (C=O) groups excluding carboxylic acids is 3. The number of ketones is 3. The zero-order chi connectivity index (χ0) is 19.6. The highest BCUT2D eigenvalue weighted by molar-refractivity contribution is 5.99. The van der Waals surface area contributed by atoms with E-state index in [1.807, 2.05) is 6.08 Å². The van der Waals surface area contributed by atoms with Gasteiger partial charge in [-0.2, -0.15) is 0 Å². The number of carboxylic acids is 1. The maximum atomic E-state index is 13.3. The molecule has 0 radical (unpaired) electrons. The first-order chi connectivity index (χ1) is 13.4. The molecule has 7 unspecified atom stereocenters. The Labute approximate surface area is 164 Å². The van der Waals surface area contributed by atoms with Crippen LogP contribution in [0.15, 0.2) is 23.8 Å². The fraction of sp³-hybridized carbons (Fsp3) is 0.652. The molecule has 3 fully saturated rings. The molecule has 5 rings (SSSR count). The number of rotatable bonds is 1. The molecule has 5 nitrogen and oxygen atoms in total. The molecule has 0 spiro atoms. The van der Waals surface area contributed by atoms with Crippen LogP contribution in [0.4, 0.5) is 0 Å². The van der Waals surface area contributed by atoms with E-state index in [2.05, 4.69) is 0 Å². The van der Waals surface area contributed by atoms with Crippen molar-refractivity contribution >= 4 is 23.3 Å². The van der Waals surface area contributed by atoms with Crippen LogP contribution >= 0.6 is 0 Å². The monoisotopic (exact) mass is 382 g/mol. The second kappa shape index (κ2) is 6.23. The van der Waals surface area contributed by atoms with Crippen LogP contribution in [0.25, 0.3) is 0 Å². The van der Waals surface area contributed by atoms with Gasteiger partial charge in [0.05, 0.1) is 5.41 Å². The minimum atomic E-state index is -0.765. The molecule has 0 amide bonds. The van der Waals surface area contributed by atoms with Crippen molar-refractivity contribution in [3.05, 3.63) is 23.8 Å². The predicted molar refractivity (Wildman–Crippen MR) is 100 cm³/mol. The van der Waals surface area contributed by atoms with E-state index in [1.165, 1.54) is 0 Å². The summed E-state index contributed by atoms with van der Waals surface area (Å²) in [6, 6.07) is 0. The lowest BCUT2D eigenvalue weighted by molar-refractivity contribution is -0.167. The highest BCUT2D eigenvalue weighted by Gasteiger charge is 2.60. The van der Waals surface area contributed by atoms with Gasteiger partial charge in [0, 0.05) is 30.6 Å². The average molecular weight is 382 g/mol. The van der Waals surface area contributed by atoms with Crippen LogP contribution in [-0.4, -0.2) is 28.4 Å². The third kappa shape index (κ3) is 2.37. The summed E-state index contributed by atoms with van der Waals surface area (Å²) >= 11 is 0. The second-order valence-electron chi connectivity index (χ2n) is 9.53. The quantitative estimate of drug-likeness (QED) is 0.753. The summed E-state index contributed by atoms with van der Waals surface area (Å²) in [5.41, 5.74) is 0.261. The molecule has 7 atom stereocenters. The van der Waals surface area contributed by atoms with Crippen molar-refractivity contribution in [3.63, 3.8) is 0 Å². The molecule has 5 aliphatic carbocycles. The molecule has 0 heterocycles. The first-order valence-electron chi connectivity index (χ1n) is 10.6. The van der Waals surface area contributed by atoms with Crippen molar-refractivity contribution in [1.82, 2.24) is 0 Å². The van der Waals surface area contributed by atoms with Crippen molar-refractivity contribution in [3.8, 4) is 0 Å². The zero-order valence-corrected chi connectivity index (χ0v) is 15.9. The van der Waals surface area contributed by atoms with E-state index in [-0.39, 0.29) is 59.3 Å². The highest BCUT2D eigenvalue weighted by Crippen LogP contribution is 2.60. The third-order valence-corrected chi connectivity index (χ3v) is 8.49. The number of Topliss-reactive ketones (excluding diaryl/α,β-unsaturated/α-hetero) is 1. The highest BCUT2D eigenvalue weighted by atomic mass is 16.4. The Balaban J connectivity index is 1.55. The lowest BCUT2D eigenvalue weighted by Gasteiger charge is -2.55. The number of carboxylic acid groups (broad SMARTS) is 1. The molecule has 3 saturated carbocycles. The number of aliphatic carboxylic acids is 1. The van der Waals surface area contributed by atoms with Crippen LogP contribution in [0.5, 0.6) is 0 Å². The van der Waals surface area contributed by atoms with Gasteiger partial charge in [-0.05, 0) is 55.6 Å². The molecule has 0 aliphatic heterocycles. The fourth-order valence-electron chi connectivity index (χ4n) is 7.25. The Morgan fingerprint density at radius 2 is 1.86 bits per heavy atom. The summed E-state index contributed by atoms with van der Waals surface area (Å²) in [7, 11) is 0. The molecule has 0 saturated heterocycles. The second-order valence-corrected chi connectivity index (χ2v) is 9.53. The maximum absolute atomic E-state index is 13.3.